The zero-order valence-electron chi connectivity index (χ0n) is 17.8. The van der Waals surface area contributed by atoms with Crippen LogP contribution in [0.15, 0.2) is 89.9 Å². The summed E-state index contributed by atoms with van der Waals surface area (Å²) in [7, 11) is 1.77. The second kappa shape index (κ2) is 12.7. The highest BCUT2D eigenvalue weighted by atomic mass is 127. The molecule has 0 aliphatic heterocycles. The summed E-state index contributed by atoms with van der Waals surface area (Å²) in [6.07, 6.45) is 0. The van der Waals surface area contributed by atoms with Crippen LogP contribution in [-0.4, -0.2) is 25.5 Å². The lowest BCUT2D eigenvalue weighted by Crippen LogP contribution is -2.39. The number of benzene rings is 3. The Bertz CT molecular complexity index is 938. The topological polar surface area (TPSA) is 65.5 Å². The lowest BCUT2D eigenvalue weighted by Gasteiger charge is -2.20. The van der Waals surface area contributed by atoms with Gasteiger partial charge in [0.05, 0.1) is 0 Å². The molecule has 0 atom stereocenters. The molecule has 0 spiro atoms. The van der Waals surface area contributed by atoms with Gasteiger partial charge in [-0.2, -0.15) is 0 Å². The lowest BCUT2D eigenvalue weighted by molar-refractivity contribution is -0.114. The number of amides is 1. The standard InChI is InChI=1S/C25H28N4O.HI/c1-19(30)29-23-15-9-10-20(16-23)17-27-25(26-2)28-18-24(21-11-5-3-6-12-21)22-13-7-4-8-14-22;/h3-16,24H,17-18H2,1-2H3,(H,29,30)(H2,26,27,28);1H. The molecule has 3 rings (SSSR count). The Morgan fingerprint density at radius 3 is 2.03 bits per heavy atom. The molecular formula is C25H29IN4O. The van der Waals surface area contributed by atoms with Crippen LogP contribution in [0.5, 0.6) is 0 Å². The number of nitrogens with zero attached hydrogens (tertiary/aromatic N) is 1. The second-order valence-corrected chi connectivity index (χ2v) is 7.06. The highest BCUT2D eigenvalue weighted by Gasteiger charge is 2.14. The van der Waals surface area contributed by atoms with E-state index in [9.17, 15) is 4.79 Å². The van der Waals surface area contributed by atoms with Crippen molar-refractivity contribution >= 4 is 41.5 Å². The number of aliphatic imine (C=N–C) groups is 1. The van der Waals surface area contributed by atoms with Gasteiger partial charge in [0.25, 0.3) is 0 Å². The molecule has 0 unspecified atom stereocenters. The second-order valence-electron chi connectivity index (χ2n) is 7.06. The van der Waals surface area contributed by atoms with E-state index in [2.05, 4.69) is 69.5 Å². The molecule has 1 amide bonds. The average Bonchev–Trinajstić information content (AvgIpc) is 2.77. The Balaban J connectivity index is 0.00000341. The molecule has 5 nitrogen and oxygen atoms in total. The van der Waals surface area contributed by atoms with Crippen molar-refractivity contribution in [1.82, 2.24) is 10.6 Å². The molecule has 0 fully saturated rings. The number of halogens is 1. The molecule has 3 N–H and O–H groups in total. The van der Waals surface area contributed by atoms with Gasteiger partial charge in [-0.1, -0.05) is 72.8 Å². The number of rotatable bonds is 7. The van der Waals surface area contributed by atoms with Gasteiger partial charge in [0.15, 0.2) is 5.96 Å². The average molecular weight is 528 g/mol. The molecule has 31 heavy (non-hydrogen) atoms. The van der Waals surface area contributed by atoms with Gasteiger partial charge in [-0.05, 0) is 28.8 Å². The van der Waals surface area contributed by atoms with E-state index in [-0.39, 0.29) is 35.8 Å². The number of hydrogen-bond acceptors (Lipinski definition) is 2. The molecule has 0 bridgehead atoms. The first-order valence-corrected chi connectivity index (χ1v) is 10.1. The summed E-state index contributed by atoms with van der Waals surface area (Å²) >= 11 is 0. The molecule has 162 valence electrons. The number of anilines is 1. The van der Waals surface area contributed by atoms with E-state index in [0.717, 1.165) is 23.8 Å². The van der Waals surface area contributed by atoms with Crippen molar-refractivity contribution in [3.63, 3.8) is 0 Å². The zero-order valence-corrected chi connectivity index (χ0v) is 20.2. The number of carbonyl (C=O) groups excluding carboxylic acids is 1. The van der Waals surface area contributed by atoms with E-state index in [1.54, 1.807) is 7.05 Å². The summed E-state index contributed by atoms with van der Waals surface area (Å²) in [5.74, 6) is 0.872. The Kier molecular flexibility index (Phi) is 10.0. The van der Waals surface area contributed by atoms with Gasteiger partial charge in [-0.15, -0.1) is 24.0 Å². The van der Waals surface area contributed by atoms with E-state index in [1.807, 2.05) is 36.4 Å². The molecule has 0 aliphatic carbocycles. The van der Waals surface area contributed by atoms with Crippen LogP contribution in [0, 0.1) is 0 Å². The predicted octanol–water partition coefficient (Wildman–Crippen LogP) is 4.76. The Hall–Kier alpha value is -2.87. The minimum Gasteiger partial charge on any atom is -0.355 e. The monoisotopic (exact) mass is 528 g/mol. The van der Waals surface area contributed by atoms with Gasteiger partial charge in [0.2, 0.25) is 5.91 Å². The quantitative estimate of drug-likeness (QED) is 0.236. The lowest BCUT2D eigenvalue weighted by atomic mass is 9.91. The third kappa shape index (κ3) is 7.71. The molecule has 0 heterocycles. The summed E-state index contributed by atoms with van der Waals surface area (Å²) in [5, 5.41) is 9.61. The molecule has 0 aliphatic rings. The minimum absolute atomic E-state index is 0. The SMILES string of the molecule is CN=C(NCc1cccc(NC(C)=O)c1)NCC(c1ccccc1)c1ccccc1.I. The van der Waals surface area contributed by atoms with Crippen LogP contribution >= 0.6 is 24.0 Å². The van der Waals surface area contributed by atoms with Crippen LogP contribution in [0.2, 0.25) is 0 Å². The Morgan fingerprint density at radius 2 is 1.48 bits per heavy atom. The van der Waals surface area contributed by atoms with Crippen molar-refractivity contribution in [3.05, 3.63) is 102 Å². The largest absolute Gasteiger partial charge is 0.355 e. The van der Waals surface area contributed by atoms with E-state index < -0.39 is 0 Å². The van der Waals surface area contributed by atoms with Gasteiger partial charge in [0.1, 0.15) is 0 Å². The van der Waals surface area contributed by atoms with Gasteiger partial charge in [0, 0.05) is 38.7 Å². The first-order chi connectivity index (χ1) is 14.7. The summed E-state index contributed by atoms with van der Waals surface area (Å²) in [5.41, 5.74) is 4.37. The van der Waals surface area contributed by atoms with Crippen molar-refractivity contribution in [2.75, 3.05) is 18.9 Å². The van der Waals surface area contributed by atoms with Crippen molar-refractivity contribution in [3.8, 4) is 0 Å². The fraction of sp³-hybridized carbons (Fsp3) is 0.200. The fourth-order valence-electron chi connectivity index (χ4n) is 3.37. The summed E-state index contributed by atoms with van der Waals surface area (Å²) in [6.45, 7) is 2.83. The highest BCUT2D eigenvalue weighted by Crippen LogP contribution is 2.23. The molecule has 0 aromatic heterocycles. The maximum absolute atomic E-state index is 11.3. The van der Waals surface area contributed by atoms with Crippen LogP contribution in [-0.2, 0) is 11.3 Å². The van der Waals surface area contributed by atoms with E-state index in [0.29, 0.717) is 6.54 Å². The molecule has 6 heteroatoms. The molecular weight excluding hydrogens is 499 g/mol. The fourth-order valence-corrected chi connectivity index (χ4v) is 3.37. The highest BCUT2D eigenvalue weighted by molar-refractivity contribution is 14.0. The minimum atomic E-state index is -0.0783. The van der Waals surface area contributed by atoms with Crippen LogP contribution in [0.25, 0.3) is 0 Å². The smallest absolute Gasteiger partial charge is 0.221 e. The first-order valence-electron chi connectivity index (χ1n) is 10.1. The molecule has 3 aromatic rings. The van der Waals surface area contributed by atoms with Gasteiger partial charge >= 0.3 is 0 Å². The van der Waals surface area contributed by atoms with Gasteiger partial charge < -0.3 is 16.0 Å². The molecule has 0 saturated heterocycles. The van der Waals surface area contributed by atoms with E-state index in [4.69, 9.17) is 0 Å². The van der Waals surface area contributed by atoms with Crippen molar-refractivity contribution in [2.45, 2.75) is 19.4 Å². The normalized spacial score (nSPS) is 10.9. The van der Waals surface area contributed by atoms with Crippen LogP contribution in [0.1, 0.15) is 29.5 Å². The first kappa shape index (κ1) is 24.4. The number of nitrogens with one attached hydrogen (secondary N) is 3. The van der Waals surface area contributed by atoms with Crippen molar-refractivity contribution < 1.29 is 4.79 Å². The third-order valence-corrected chi connectivity index (χ3v) is 4.81. The molecule has 3 aromatic carbocycles. The van der Waals surface area contributed by atoms with Crippen molar-refractivity contribution in [2.24, 2.45) is 4.99 Å². The Morgan fingerprint density at radius 1 is 0.871 bits per heavy atom. The summed E-state index contributed by atoms with van der Waals surface area (Å²) < 4.78 is 0. The van der Waals surface area contributed by atoms with E-state index >= 15 is 0 Å². The maximum Gasteiger partial charge on any atom is 0.221 e. The van der Waals surface area contributed by atoms with Crippen LogP contribution < -0.4 is 16.0 Å². The Labute approximate surface area is 201 Å². The summed E-state index contributed by atoms with van der Waals surface area (Å²) in [6, 6.07) is 28.8. The molecule has 0 radical (unpaired) electrons. The maximum atomic E-state index is 11.3. The van der Waals surface area contributed by atoms with Crippen LogP contribution in [0.4, 0.5) is 5.69 Å². The number of guanidine groups is 1. The predicted molar refractivity (Wildman–Crippen MR) is 139 cm³/mol. The number of carbonyl (C=O) groups is 1. The molecule has 0 saturated carbocycles. The van der Waals surface area contributed by atoms with Gasteiger partial charge in [-0.25, -0.2) is 0 Å². The van der Waals surface area contributed by atoms with Crippen molar-refractivity contribution in [1.29, 1.82) is 0 Å². The van der Waals surface area contributed by atoms with Crippen LogP contribution in [0.3, 0.4) is 0 Å². The van der Waals surface area contributed by atoms with Gasteiger partial charge in [-0.3, -0.25) is 9.79 Å². The third-order valence-electron chi connectivity index (χ3n) is 4.81. The zero-order chi connectivity index (χ0) is 21.2. The van der Waals surface area contributed by atoms with E-state index in [1.165, 1.54) is 18.1 Å². The summed E-state index contributed by atoms with van der Waals surface area (Å²) in [4.78, 5) is 15.6. The number of hydrogen-bond donors (Lipinski definition) is 3.